The first-order valence-electron chi connectivity index (χ1n) is 7.17. The fraction of sp³-hybridized carbons (Fsp3) is 0.111. The number of aromatic carboxylic acids is 1. The number of nitrogens with one attached hydrogen (secondary N) is 1. The molecule has 1 heterocycles. The molecular formula is C18H15NO5. The van der Waals surface area contributed by atoms with Gasteiger partial charge in [-0.3, -0.25) is 4.79 Å². The van der Waals surface area contributed by atoms with Crippen LogP contribution < -0.4 is 14.9 Å². The van der Waals surface area contributed by atoms with E-state index in [0.29, 0.717) is 22.6 Å². The summed E-state index contributed by atoms with van der Waals surface area (Å²) < 4.78 is 10.3. The SMILES string of the molecule is COc1cccc(-c2[nH]c3ccc(OC)cc3c(=O)c2C(=O)O)c1. The van der Waals surface area contributed by atoms with Crippen LogP contribution in [-0.2, 0) is 0 Å². The first-order chi connectivity index (χ1) is 11.5. The smallest absolute Gasteiger partial charge is 0.341 e. The molecule has 0 radical (unpaired) electrons. The minimum Gasteiger partial charge on any atom is -0.497 e. The van der Waals surface area contributed by atoms with Crippen LogP contribution in [0.3, 0.4) is 0 Å². The Kier molecular flexibility index (Phi) is 3.95. The molecule has 3 aromatic rings. The van der Waals surface area contributed by atoms with E-state index in [1.165, 1.54) is 20.3 Å². The molecule has 3 rings (SSSR count). The van der Waals surface area contributed by atoms with E-state index < -0.39 is 11.4 Å². The van der Waals surface area contributed by atoms with E-state index in [9.17, 15) is 14.7 Å². The Balaban J connectivity index is 2.36. The first-order valence-corrected chi connectivity index (χ1v) is 7.17. The fourth-order valence-corrected chi connectivity index (χ4v) is 2.59. The van der Waals surface area contributed by atoms with Crippen LogP contribution in [0.25, 0.3) is 22.2 Å². The normalized spacial score (nSPS) is 10.6. The molecule has 122 valence electrons. The molecule has 0 atom stereocenters. The van der Waals surface area contributed by atoms with Crippen LogP contribution >= 0.6 is 0 Å². The van der Waals surface area contributed by atoms with Crippen LogP contribution in [0, 0.1) is 0 Å². The Labute approximate surface area is 137 Å². The largest absolute Gasteiger partial charge is 0.497 e. The highest BCUT2D eigenvalue weighted by molar-refractivity contribution is 5.99. The summed E-state index contributed by atoms with van der Waals surface area (Å²) in [4.78, 5) is 27.4. The predicted molar refractivity (Wildman–Crippen MR) is 90.1 cm³/mol. The van der Waals surface area contributed by atoms with Gasteiger partial charge in [0.05, 0.1) is 30.8 Å². The Hall–Kier alpha value is -3.28. The molecule has 1 aromatic heterocycles. The molecule has 0 saturated carbocycles. The van der Waals surface area contributed by atoms with Gasteiger partial charge in [0.15, 0.2) is 0 Å². The van der Waals surface area contributed by atoms with Crippen LogP contribution in [0.1, 0.15) is 10.4 Å². The molecule has 0 fully saturated rings. The number of carbonyl (C=O) groups is 1. The zero-order valence-corrected chi connectivity index (χ0v) is 13.1. The van der Waals surface area contributed by atoms with Gasteiger partial charge in [-0.1, -0.05) is 12.1 Å². The molecule has 0 bridgehead atoms. The van der Waals surface area contributed by atoms with Gasteiger partial charge in [-0.2, -0.15) is 0 Å². The molecule has 0 saturated heterocycles. The van der Waals surface area contributed by atoms with Gasteiger partial charge < -0.3 is 19.6 Å². The molecule has 2 aromatic carbocycles. The summed E-state index contributed by atoms with van der Waals surface area (Å²) in [6.07, 6.45) is 0. The monoisotopic (exact) mass is 325 g/mol. The summed E-state index contributed by atoms with van der Waals surface area (Å²) in [6, 6.07) is 11.8. The number of pyridine rings is 1. The number of rotatable bonds is 4. The van der Waals surface area contributed by atoms with E-state index in [0.717, 1.165) is 0 Å². The standard InChI is InChI=1S/C18H15NO5/c1-23-11-5-3-4-10(8-11)16-15(18(21)22)17(20)13-9-12(24-2)6-7-14(13)19-16/h3-9H,1-2H3,(H,19,20)(H,21,22). The summed E-state index contributed by atoms with van der Waals surface area (Å²) in [6.45, 7) is 0. The van der Waals surface area contributed by atoms with Crippen molar-refractivity contribution in [3.63, 3.8) is 0 Å². The summed E-state index contributed by atoms with van der Waals surface area (Å²) in [5.41, 5.74) is 0.450. The second-order valence-electron chi connectivity index (χ2n) is 5.15. The summed E-state index contributed by atoms with van der Waals surface area (Å²) in [7, 11) is 3.00. The van der Waals surface area contributed by atoms with E-state index in [4.69, 9.17) is 9.47 Å². The predicted octanol–water partition coefficient (Wildman–Crippen LogP) is 2.91. The Bertz CT molecular complexity index is 990. The lowest BCUT2D eigenvalue weighted by atomic mass is 10.0. The van der Waals surface area contributed by atoms with Crippen molar-refractivity contribution in [1.29, 1.82) is 0 Å². The maximum absolute atomic E-state index is 12.7. The molecular weight excluding hydrogens is 310 g/mol. The number of hydrogen-bond donors (Lipinski definition) is 2. The summed E-state index contributed by atoms with van der Waals surface area (Å²) in [5, 5.41) is 9.80. The molecule has 0 aliphatic rings. The van der Waals surface area contributed by atoms with Gasteiger partial charge in [-0.15, -0.1) is 0 Å². The van der Waals surface area contributed by atoms with Gasteiger partial charge in [0.1, 0.15) is 17.1 Å². The number of benzene rings is 2. The van der Waals surface area contributed by atoms with Gasteiger partial charge in [0.25, 0.3) is 0 Å². The maximum atomic E-state index is 12.7. The molecule has 0 spiro atoms. The number of fused-ring (bicyclic) bond motifs is 1. The van der Waals surface area contributed by atoms with Crippen LogP contribution in [-0.4, -0.2) is 30.3 Å². The Morgan fingerprint density at radius 1 is 1.04 bits per heavy atom. The van der Waals surface area contributed by atoms with Crippen molar-refractivity contribution in [1.82, 2.24) is 4.98 Å². The lowest BCUT2D eigenvalue weighted by molar-refractivity contribution is 0.0696. The summed E-state index contributed by atoms with van der Waals surface area (Å²) in [5.74, 6) is -0.239. The van der Waals surface area contributed by atoms with Crippen molar-refractivity contribution in [2.75, 3.05) is 14.2 Å². The van der Waals surface area contributed by atoms with Crippen LogP contribution in [0.2, 0.25) is 0 Å². The zero-order valence-electron chi connectivity index (χ0n) is 13.1. The van der Waals surface area contributed by atoms with Crippen molar-refractivity contribution < 1.29 is 19.4 Å². The Morgan fingerprint density at radius 2 is 1.75 bits per heavy atom. The van der Waals surface area contributed by atoms with Crippen molar-refractivity contribution in [2.24, 2.45) is 0 Å². The minimum absolute atomic E-state index is 0.240. The van der Waals surface area contributed by atoms with Crippen LogP contribution in [0.5, 0.6) is 11.5 Å². The third kappa shape index (κ3) is 2.58. The third-order valence-electron chi connectivity index (χ3n) is 3.78. The number of aromatic nitrogens is 1. The van der Waals surface area contributed by atoms with Crippen LogP contribution in [0.4, 0.5) is 0 Å². The molecule has 0 aliphatic carbocycles. The topological polar surface area (TPSA) is 88.6 Å². The zero-order chi connectivity index (χ0) is 17.3. The van der Waals surface area contributed by atoms with Gasteiger partial charge in [-0.05, 0) is 30.3 Å². The van der Waals surface area contributed by atoms with Crippen molar-refractivity contribution in [3.8, 4) is 22.8 Å². The van der Waals surface area contributed by atoms with Gasteiger partial charge in [0, 0.05) is 5.56 Å². The van der Waals surface area contributed by atoms with E-state index in [1.807, 2.05) is 0 Å². The second kappa shape index (κ2) is 6.08. The van der Waals surface area contributed by atoms with Crippen molar-refractivity contribution in [3.05, 3.63) is 58.3 Å². The molecule has 0 unspecified atom stereocenters. The molecule has 0 amide bonds. The fourth-order valence-electron chi connectivity index (χ4n) is 2.59. The highest BCUT2D eigenvalue weighted by Crippen LogP contribution is 2.27. The van der Waals surface area contributed by atoms with Gasteiger partial charge >= 0.3 is 5.97 Å². The van der Waals surface area contributed by atoms with E-state index in [1.54, 1.807) is 36.4 Å². The molecule has 2 N–H and O–H groups in total. The van der Waals surface area contributed by atoms with Gasteiger partial charge in [-0.25, -0.2) is 4.79 Å². The van der Waals surface area contributed by atoms with Crippen molar-refractivity contribution in [2.45, 2.75) is 0 Å². The number of aromatic amines is 1. The Morgan fingerprint density at radius 3 is 2.42 bits per heavy atom. The average molecular weight is 325 g/mol. The second-order valence-corrected chi connectivity index (χ2v) is 5.15. The highest BCUT2D eigenvalue weighted by atomic mass is 16.5. The maximum Gasteiger partial charge on any atom is 0.341 e. The molecule has 6 heteroatoms. The van der Waals surface area contributed by atoms with Crippen molar-refractivity contribution >= 4 is 16.9 Å². The summed E-state index contributed by atoms with van der Waals surface area (Å²) >= 11 is 0. The highest BCUT2D eigenvalue weighted by Gasteiger charge is 2.20. The first kappa shape index (κ1) is 15.6. The number of H-pyrrole nitrogens is 1. The molecule has 24 heavy (non-hydrogen) atoms. The molecule has 0 aliphatic heterocycles. The number of carboxylic acids is 1. The van der Waals surface area contributed by atoms with Gasteiger partial charge in [0.2, 0.25) is 5.43 Å². The van der Waals surface area contributed by atoms with E-state index >= 15 is 0 Å². The van der Waals surface area contributed by atoms with E-state index in [2.05, 4.69) is 4.98 Å². The lowest BCUT2D eigenvalue weighted by Gasteiger charge is -2.11. The minimum atomic E-state index is -1.29. The average Bonchev–Trinajstić information content (AvgIpc) is 2.61. The number of ether oxygens (including phenoxy) is 2. The number of carboxylic acid groups (broad SMARTS) is 1. The van der Waals surface area contributed by atoms with Crippen LogP contribution in [0.15, 0.2) is 47.3 Å². The third-order valence-corrected chi connectivity index (χ3v) is 3.78. The number of hydrogen-bond acceptors (Lipinski definition) is 4. The quantitative estimate of drug-likeness (QED) is 0.770. The van der Waals surface area contributed by atoms with E-state index in [-0.39, 0.29) is 16.6 Å². The lowest BCUT2D eigenvalue weighted by Crippen LogP contribution is -2.18. The number of methoxy groups -OCH3 is 2. The molecule has 6 nitrogen and oxygen atoms in total.